The molecule has 0 aliphatic heterocycles. The number of hydrogen-bond donors (Lipinski definition) is 1. The Kier molecular flexibility index (Phi) is 4.00. The summed E-state index contributed by atoms with van der Waals surface area (Å²) in [5, 5.41) is 4.37. The van der Waals surface area contributed by atoms with E-state index in [1.54, 1.807) is 24.5 Å². The smallest absolute Gasteiger partial charge is 0.267 e. The van der Waals surface area contributed by atoms with E-state index in [4.69, 9.17) is 0 Å². The molecule has 2 aromatic rings. The van der Waals surface area contributed by atoms with Crippen molar-refractivity contribution in [2.45, 2.75) is 33.1 Å². The minimum absolute atomic E-state index is 0.225. The fourth-order valence-electron chi connectivity index (χ4n) is 2.95. The number of hydrazone groups is 1. The SMILES string of the molecule is Cc1cc(C)c2c(c1)/C(=N\NC(=O)c1cccnc1)CCC2. The Hall–Kier alpha value is -2.49. The normalized spacial score (nSPS) is 15.5. The zero-order chi connectivity index (χ0) is 15.5. The first kappa shape index (κ1) is 14.4. The Labute approximate surface area is 130 Å². The number of amides is 1. The molecule has 0 fully saturated rings. The van der Waals surface area contributed by atoms with E-state index < -0.39 is 0 Å². The van der Waals surface area contributed by atoms with Crippen LogP contribution in [0.15, 0.2) is 41.8 Å². The van der Waals surface area contributed by atoms with Gasteiger partial charge in [-0.25, -0.2) is 5.43 Å². The molecule has 3 rings (SSSR count). The van der Waals surface area contributed by atoms with Crippen LogP contribution in [0, 0.1) is 13.8 Å². The van der Waals surface area contributed by atoms with Crippen LogP contribution < -0.4 is 5.43 Å². The summed E-state index contributed by atoms with van der Waals surface area (Å²) in [5.74, 6) is -0.225. The zero-order valence-electron chi connectivity index (χ0n) is 12.9. The molecule has 1 aliphatic rings. The molecule has 0 bridgehead atoms. The van der Waals surface area contributed by atoms with Crippen LogP contribution in [-0.2, 0) is 6.42 Å². The summed E-state index contributed by atoms with van der Waals surface area (Å²) in [5.41, 5.74) is 9.20. The third kappa shape index (κ3) is 2.91. The number of carbonyl (C=O) groups excluding carboxylic acids is 1. The fourth-order valence-corrected chi connectivity index (χ4v) is 2.95. The van der Waals surface area contributed by atoms with Crippen LogP contribution in [0.25, 0.3) is 0 Å². The average Bonchev–Trinajstić information content (AvgIpc) is 2.53. The number of aromatic nitrogens is 1. The number of carbonyl (C=O) groups is 1. The molecule has 1 aromatic heterocycles. The number of nitrogens with zero attached hydrogens (tertiary/aromatic N) is 2. The number of fused-ring (bicyclic) bond motifs is 1. The van der Waals surface area contributed by atoms with E-state index in [0.717, 1.165) is 25.0 Å². The Morgan fingerprint density at radius 2 is 2.14 bits per heavy atom. The highest BCUT2D eigenvalue weighted by molar-refractivity contribution is 6.04. The number of pyridine rings is 1. The summed E-state index contributed by atoms with van der Waals surface area (Å²) in [4.78, 5) is 16.0. The Morgan fingerprint density at radius 1 is 1.27 bits per heavy atom. The van der Waals surface area contributed by atoms with Gasteiger partial charge >= 0.3 is 0 Å². The van der Waals surface area contributed by atoms with Gasteiger partial charge in [0.05, 0.1) is 11.3 Å². The van der Waals surface area contributed by atoms with Gasteiger partial charge in [0.15, 0.2) is 0 Å². The molecule has 22 heavy (non-hydrogen) atoms. The lowest BCUT2D eigenvalue weighted by molar-refractivity contribution is 0.0954. The molecule has 0 spiro atoms. The number of benzene rings is 1. The molecule has 4 nitrogen and oxygen atoms in total. The molecular weight excluding hydrogens is 274 g/mol. The highest BCUT2D eigenvalue weighted by atomic mass is 16.2. The first-order valence-electron chi connectivity index (χ1n) is 7.52. The van der Waals surface area contributed by atoms with Crippen LogP contribution in [0.3, 0.4) is 0 Å². The monoisotopic (exact) mass is 293 g/mol. The molecule has 0 radical (unpaired) electrons. The molecule has 112 valence electrons. The summed E-state index contributed by atoms with van der Waals surface area (Å²) in [6, 6.07) is 7.84. The van der Waals surface area contributed by atoms with Gasteiger partial charge in [-0.1, -0.05) is 11.6 Å². The van der Waals surface area contributed by atoms with Gasteiger partial charge in [0.1, 0.15) is 0 Å². The van der Waals surface area contributed by atoms with Gasteiger partial charge in [-0.15, -0.1) is 0 Å². The first-order chi connectivity index (χ1) is 10.6. The lowest BCUT2D eigenvalue weighted by atomic mass is 9.86. The molecule has 1 N–H and O–H groups in total. The van der Waals surface area contributed by atoms with Crippen molar-refractivity contribution < 1.29 is 4.79 Å². The average molecular weight is 293 g/mol. The number of nitrogens with one attached hydrogen (secondary N) is 1. The number of rotatable bonds is 2. The van der Waals surface area contributed by atoms with Gasteiger partial charge in [0, 0.05) is 18.0 Å². The molecule has 1 aromatic carbocycles. The molecule has 0 saturated heterocycles. The molecule has 0 unspecified atom stereocenters. The van der Waals surface area contributed by atoms with Gasteiger partial charge in [0.2, 0.25) is 0 Å². The van der Waals surface area contributed by atoms with Crippen molar-refractivity contribution in [1.82, 2.24) is 10.4 Å². The second-order valence-electron chi connectivity index (χ2n) is 5.70. The maximum Gasteiger partial charge on any atom is 0.272 e. The maximum atomic E-state index is 12.1. The number of aryl methyl sites for hydroxylation is 2. The second kappa shape index (κ2) is 6.10. The van der Waals surface area contributed by atoms with Crippen molar-refractivity contribution in [2.75, 3.05) is 0 Å². The lowest BCUT2D eigenvalue weighted by Crippen LogP contribution is -2.22. The van der Waals surface area contributed by atoms with Gasteiger partial charge in [-0.2, -0.15) is 5.10 Å². The Balaban J connectivity index is 1.86. The largest absolute Gasteiger partial charge is 0.272 e. The lowest BCUT2D eigenvalue weighted by Gasteiger charge is -2.20. The van der Waals surface area contributed by atoms with Crippen molar-refractivity contribution in [2.24, 2.45) is 5.10 Å². The van der Waals surface area contributed by atoms with Crippen LogP contribution in [0.5, 0.6) is 0 Å². The highest BCUT2D eigenvalue weighted by Gasteiger charge is 2.18. The molecular formula is C18H19N3O. The highest BCUT2D eigenvalue weighted by Crippen LogP contribution is 2.26. The molecule has 0 saturated carbocycles. The van der Waals surface area contributed by atoms with Crippen molar-refractivity contribution >= 4 is 11.6 Å². The van der Waals surface area contributed by atoms with Crippen molar-refractivity contribution in [1.29, 1.82) is 0 Å². The van der Waals surface area contributed by atoms with Crippen LogP contribution in [0.2, 0.25) is 0 Å². The van der Waals surface area contributed by atoms with E-state index in [-0.39, 0.29) is 5.91 Å². The van der Waals surface area contributed by atoms with Crippen LogP contribution in [0.4, 0.5) is 0 Å². The summed E-state index contributed by atoms with van der Waals surface area (Å²) in [7, 11) is 0. The minimum Gasteiger partial charge on any atom is -0.267 e. The second-order valence-corrected chi connectivity index (χ2v) is 5.70. The quantitative estimate of drug-likeness (QED) is 0.865. The maximum absolute atomic E-state index is 12.1. The van der Waals surface area contributed by atoms with E-state index in [1.807, 2.05) is 0 Å². The van der Waals surface area contributed by atoms with Crippen molar-refractivity contribution in [3.8, 4) is 0 Å². The summed E-state index contributed by atoms with van der Waals surface area (Å²) in [6.07, 6.45) is 6.23. The molecule has 0 atom stereocenters. The summed E-state index contributed by atoms with van der Waals surface area (Å²) < 4.78 is 0. The first-order valence-corrected chi connectivity index (χ1v) is 7.52. The Bertz CT molecular complexity index is 735. The third-order valence-electron chi connectivity index (χ3n) is 3.98. The van der Waals surface area contributed by atoms with Crippen LogP contribution >= 0.6 is 0 Å². The Morgan fingerprint density at radius 3 is 2.91 bits per heavy atom. The zero-order valence-corrected chi connectivity index (χ0v) is 12.9. The van der Waals surface area contributed by atoms with Crippen LogP contribution in [0.1, 0.15) is 45.5 Å². The van der Waals surface area contributed by atoms with E-state index in [2.05, 4.69) is 41.5 Å². The molecule has 1 aliphatic carbocycles. The predicted molar refractivity (Wildman–Crippen MR) is 87.1 cm³/mol. The molecule has 1 amide bonds. The van der Waals surface area contributed by atoms with Gasteiger partial charge < -0.3 is 0 Å². The van der Waals surface area contributed by atoms with Crippen molar-refractivity contribution in [3.05, 3.63) is 64.5 Å². The van der Waals surface area contributed by atoms with Crippen molar-refractivity contribution in [3.63, 3.8) is 0 Å². The van der Waals surface area contributed by atoms with E-state index in [9.17, 15) is 4.79 Å². The van der Waals surface area contributed by atoms with Gasteiger partial charge in [-0.3, -0.25) is 9.78 Å². The molecule has 4 heteroatoms. The summed E-state index contributed by atoms with van der Waals surface area (Å²) in [6.45, 7) is 4.23. The topological polar surface area (TPSA) is 54.4 Å². The van der Waals surface area contributed by atoms with E-state index >= 15 is 0 Å². The predicted octanol–water partition coefficient (Wildman–Crippen LogP) is 3.17. The van der Waals surface area contributed by atoms with E-state index in [1.165, 1.54) is 22.3 Å². The van der Waals surface area contributed by atoms with Gasteiger partial charge in [-0.05, 0) is 62.4 Å². The summed E-state index contributed by atoms with van der Waals surface area (Å²) >= 11 is 0. The third-order valence-corrected chi connectivity index (χ3v) is 3.98. The molecule has 1 heterocycles. The van der Waals surface area contributed by atoms with Gasteiger partial charge in [0.25, 0.3) is 5.91 Å². The number of hydrogen-bond acceptors (Lipinski definition) is 3. The van der Waals surface area contributed by atoms with E-state index in [0.29, 0.717) is 5.56 Å². The minimum atomic E-state index is -0.225. The fraction of sp³-hybridized carbons (Fsp3) is 0.278. The van der Waals surface area contributed by atoms with Crippen LogP contribution in [-0.4, -0.2) is 16.6 Å². The standard InChI is InChI=1S/C18H19N3O/c1-12-9-13(2)15-6-3-7-17(16(15)10-12)20-21-18(22)14-5-4-8-19-11-14/h4-5,8-11H,3,6-7H2,1-2H3,(H,21,22)/b20-17-.